The number of hydroxylamine groups is 1. The minimum atomic E-state index is -3.48. The molecule has 4 aromatic rings. The lowest BCUT2D eigenvalue weighted by molar-refractivity contribution is 0.0425. The van der Waals surface area contributed by atoms with E-state index in [1.54, 1.807) is 24.3 Å². The number of nitrogens with one attached hydrogen (secondary N) is 2. The van der Waals surface area contributed by atoms with Gasteiger partial charge >= 0.3 is 11.4 Å². The van der Waals surface area contributed by atoms with E-state index in [4.69, 9.17) is 18.8 Å². The van der Waals surface area contributed by atoms with Crippen molar-refractivity contribution in [3.05, 3.63) is 89.1 Å². The third-order valence-corrected chi connectivity index (χ3v) is 6.21. The molecule has 0 bridgehead atoms. The largest absolute Gasteiger partial charge is 0.493 e. The second-order valence-corrected chi connectivity index (χ2v) is 10.00. The number of carbonyl (C=O) groups excluding carboxylic acids is 1. The monoisotopic (exact) mass is 568 g/mol. The minimum Gasteiger partial charge on any atom is -0.493 e. The van der Waals surface area contributed by atoms with Crippen LogP contribution in [0.1, 0.15) is 41.0 Å². The van der Waals surface area contributed by atoms with Crippen LogP contribution in [0.4, 0.5) is 20.2 Å². The first kappa shape index (κ1) is 28.7. The van der Waals surface area contributed by atoms with Crippen LogP contribution in [0, 0.1) is 17.2 Å². The van der Waals surface area contributed by atoms with Crippen LogP contribution in [0.15, 0.2) is 66.7 Å². The Bertz CT molecular complexity index is 1620. The molecule has 1 aromatic heterocycles. The number of nitrogens with zero attached hydrogens (tertiary/aromatic N) is 2. The Hall–Kier alpha value is -4.31. The van der Waals surface area contributed by atoms with Crippen molar-refractivity contribution in [2.24, 2.45) is 5.92 Å². The average Bonchev–Trinajstić information content (AvgIpc) is 3.35. The molecule has 1 heterocycles. The molecule has 0 radical (unpaired) electrons. The Morgan fingerprint density at radius 1 is 1.15 bits per heavy atom. The van der Waals surface area contributed by atoms with E-state index >= 15 is 8.78 Å². The molecule has 9 nitrogen and oxygen atoms in total. The van der Waals surface area contributed by atoms with Crippen molar-refractivity contribution < 1.29 is 31.4 Å². The van der Waals surface area contributed by atoms with Gasteiger partial charge in [0.15, 0.2) is 0 Å². The van der Waals surface area contributed by atoms with Crippen LogP contribution in [0.25, 0.3) is 10.9 Å². The molecule has 3 aromatic carbocycles. The maximum atomic E-state index is 15.6. The molecule has 40 heavy (non-hydrogen) atoms. The van der Waals surface area contributed by atoms with Gasteiger partial charge in [-0.15, -0.1) is 4.28 Å². The van der Waals surface area contributed by atoms with Crippen LogP contribution in [0.3, 0.4) is 0 Å². The van der Waals surface area contributed by atoms with Crippen molar-refractivity contribution >= 4 is 39.5 Å². The lowest BCUT2D eigenvalue weighted by Crippen LogP contribution is -2.18. The van der Waals surface area contributed by atoms with Gasteiger partial charge in [0.05, 0.1) is 23.9 Å². The highest BCUT2D eigenvalue weighted by atomic mass is 32.2. The summed E-state index contributed by atoms with van der Waals surface area (Å²) in [6, 6.07) is 17.4. The van der Waals surface area contributed by atoms with Crippen LogP contribution in [-0.2, 0) is 21.6 Å². The number of hydrogen-bond donors (Lipinski definition) is 3. The number of halogens is 2. The average molecular weight is 569 g/mol. The smallest absolute Gasteiger partial charge is 0.325 e. The zero-order valence-electron chi connectivity index (χ0n) is 21.8. The molecular formula is C28H26F2N4O5S. The summed E-state index contributed by atoms with van der Waals surface area (Å²) in [4.78, 5) is 16.1. The molecule has 3 N–H and O–H groups in total. The Morgan fingerprint density at radius 2 is 1.93 bits per heavy atom. The summed E-state index contributed by atoms with van der Waals surface area (Å²) < 4.78 is 61.5. The molecule has 0 fully saturated rings. The van der Waals surface area contributed by atoms with E-state index in [0.29, 0.717) is 16.6 Å². The van der Waals surface area contributed by atoms with Gasteiger partial charge in [-0.3, -0.25) is 9.35 Å². The van der Waals surface area contributed by atoms with Crippen molar-refractivity contribution in [1.82, 2.24) is 4.98 Å². The van der Waals surface area contributed by atoms with Gasteiger partial charge in [0.1, 0.15) is 11.4 Å². The number of amides is 1. The summed E-state index contributed by atoms with van der Waals surface area (Å²) in [5, 5.41) is 13.6. The number of anilines is 2. The predicted molar refractivity (Wildman–Crippen MR) is 147 cm³/mol. The number of H-pyrrole nitrogens is 1. The number of carbonyl (C=O) groups is 1. The quantitative estimate of drug-likeness (QED) is 0.159. The Balaban J connectivity index is 1.65. The van der Waals surface area contributed by atoms with Crippen molar-refractivity contribution in [2.45, 2.75) is 19.8 Å². The van der Waals surface area contributed by atoms with Gasteiger partial charge in [0.2, 0.25) is 0 Å². The normalized spacial score (nSPS) is 12.2. The molecule has 1 atom stereocenters. The lowest BCUT2D eigenvalue weighted by atomic mass is 9.98. The molecule has 4 rings (SSSR count). The highest BCUT2D eigenvalue weighted by Gasteiger charge is 2.35. The van der Waals surface area contributed by atoms with Crippen LogP contribution in [0.5, 0.6) is 5.75 Å². The standard InChI is InChI=1S/C28H26F2N4O5S/c1-17(2)16-38-24-12-21(28(29,30)20-6-4-5-18(9-20)15-31)11-22(13-24)32-27(35)26-10-19-7-8-23(14-25(19)33-26)34(3)39-40(36)37/h4-14,17,33H,16H2,1-3H3,(H,32,35)(H,36,37). The number of rotatable bonds is 10. The summed E-state index contributed by atoms with van der Waals surface area (Å²) in [5.41, 5.74) is 0.564. The second-order valence-electron chi connectivity index (χ2n) is 9.42. The molecular weight excluding hydrogens is 542 g/mol. The summed E-state index contributed by atoms with van der Waals surface area (Å²) in [7, 11) is 1.45. The number of ether oxygens (including phenoxy) is 1. The van der Waals surface area contributed by atoms with E-state index in [2.05, 4.69) is 10.3 Å². The van der Waals surface area contributed by atoms with Crippen molar-refractivity contribution in [3.8, 4) is 11.8 Å². The molecule has 1 amide bonds. The topological polar surface area (TPSA) is 128 Å². The Labute approximate surface area is 231 Å². The number of hydrogen-bond acceptors (Lipinski definition) is 6. The van der Waals surface area contributed by atoms with E-state index in [1.807, 2.05) is 19.9 Å². The maximum absolute atomic E-state index is 15.6. The van der Waals surface area contributed by atoms with E-state index in [1.165, 1.54) is 43.4 Å². The molecule has 0 saturated carbocycles. The molecule has 0 saturated heterocycles. The van der Waals surface area contributed by atoms with Crippen molar-refractivity contribution in [1.29, 1.82) is 5.26 Å². The number of alkyl halides is 2. The number of fused-ring (bicyclic) bond motifs is 1. The summed E-state index contributed by atoms with van der Waals surface area (Å²) in [5.74, 6) is -3.77. The van der Waals surface area contributed by atoms with Gasteiger partial charge in [-0.2, -0.15) is 18.3 Å². The SMILES string of the molecule is CC(C)COc1cc(NC(=O)c2cc3ccc(N(C)OS(=O)O)cc3[nH]2)cc(C(F)(F)c2cccc(C#N)c2)c1. The fourth-order valence-electron chi connectivity index (χ4n) is 3.92. The van der Waals surface area contributed by atoms with Crippen molar-refractivity contribution in [2.75, 3.05) is 24.0 Å². The maximum Gasteiger partial charge on any atom is 0.325 e. The van der Waals surface area contributed by atoms with Crippen LogP contribution in [0.2, 0.25) is 0 Å². The van der Waals surface area contributed by atoms with Crippen LogP contribution < -0.4 is 15.1 Å². The van der Waals surface area contributed by atoms with Crippen LogP contribution in [-0.4, -0.2) is 33.3 Å². The fraction of sp³-hybridized carbons (Fsp3) is 0.214. The molecule has 1 unspecified atom stereocenters. The number of benzene rings is 3. The number of aromatic nitrogens is 1. The third kappa shape index (κ3) is 6.63. The Morgan fingerprint density at radius 3 is 2.62 bits per heavy atom. The van der Waals surface area contributed by atoms with E-state index < -0.39 is 28.8 Å². The zero-order chi connectivity index (χ0) is 29.0. The third-order valence-electron chi connectivity index (χ3n) is 5.85. The minimum absolute atomic E-state index is 0.0928. The number of nitriles is 1. The first-order valence-corrected chi connectivity index (χ1v) is 13.1. The highest BCUT2D eigenvalue weighted by Crippen LogP contribution is 2.39. The number of aromatic amines is 1. The van der Waals surface area contributed by atoms with Gasteiger partial charge in [0, 0.05) is 40.8 Å². The molecule has 0 aliphatic carbocycles. The molecule has 0 spiro atoms. The molecule has 0 aliphatic heterocycles. The second kappa shape index (κ2) is 11.8. The Kier molecular flexibility index (Phi) is 8.49. The molecule has 208 valence electrons. The van der Waals surface area contributed by atoms with E-state index in [0.717, 1.165) is 11.1 Å². The molecule has 12 heteroatoms. The summed E-state index contributed by atoms with van der Waals surface area (Å²) >= 11 is -2.51. The highest BCUT2D eigenvalue weighted by molar-refractivity contribution is 7.74. The lowest BCUT2D eigenvalue weighted by Gasteiger charge is -2.20. The first-order chi connectivity index (χ1) is 19.0. The summed E-state index contributed by atoms with van der Waals surface area (Å²) in [6.45, 7) is 4.12. The van der Waals surface area contributed by atoms with Gasteiger partial charge in [-0.05, 0) is 48.4 Å². The summed E-state index contributed by atoms with van der Waals surface area (Å²) in [6.07, 6.45) is 0. The first-order valence-electron chi connectivity index (χ1n) is 12.1. The zero-order valence-corrected chi connectivity index (χ0v) is 22.6. The van der Waals surface area contributed by atoms with Gasteiger partial charge < -0.3 is 15.0 Å². The molecule has 0 aliphatic rings. The van der Waals surface area contributed by atoms with Crippen LogP contribution >= 0.6 is 0 Å². The fourth-order valence-corrected chi connectivity index (χ4v) is 4.20. The van der Waals surface area contributed by atoms with E-state index in [-0.39, 0.29) is 40.8 Å². The predicted octanol–water partition coefficient (Wildman–Crippen LogP) is 5.97. The van der Waals surface area contributed by atoms with Gasteiger partial charge in [0.25, 0.3) is 11.8 Å². The van der Waals surface area contributed by atoms with Gasteiger partial charge in [-0.25, -0.2) is 5.06 Å². The van der Waals surface area contributed by atoms with Gasteiger partial charge in [-0.1, -0.05) is 32.0 Å². The van der Waals surface area contributed by atoms with E-state index in [9.17, 15) is 9.00 Å². The van der Waals surface area contributed by atoms with Crippen molar-refractivity contribution in [3.63, 3.8) is 0 Å².